The number of hydrogen-bond donors (Lipinski definition) is 0. The highest BCUT2D eigenvalue weighted by atomic mass is 79.9. The molecule has 1 atom stereocenters. The van der Waals surface area contributed by atoms with Crippen molar-refractivity contribution in [3.8, 4) is 5.75 Å². The molecule has 0 heterocycles. The molecule has 0 aliphatic heterocycles. The minimum Gasteiger partial charge on any atom is -0.490 e. The van der Waals surface area contributed by atoms with Gasteiger partial charge in [-0.2, -0.15) is 0 Å². The van der Waals surface area contributed by atoms with Crippen LogP contribution in [0.15, 0.2) is 22.7 Å². The standard InChI is InChI=1S/C16H22Br2O2/c1-19-9-10-20-15-8-7-13(11-14(15)17)16(18)12-5-3-2-4-6-12/h7-8,11-12,16H,2-6,9-10H2,1H3. The lowest BCUT2D eigenvalue weighted by atomic mass is 9.85. The maximum absolute atomic E-state index is 5.67. The van der Waals surface area contributed by atoms with Gasteiger partial charge < -0.3 is 9.47 Å². The summed E-state index contributed by atoms with van der Waals surface area (Å²) in [6.07, 6.45) is 6.80. The van der Waals surface area contributed by atoms with Crippen LogP contribution in [0.3, 0.4) is 0 Å². The van der Waals surface area contributed by atoms with Crippen LogP contribution in [0.1, 0.15) is 42.5 Å². The molecule has 0 amide bonds. The maximum atomic E-state index is 5.67. The van der Waals surface area contributed by atoms with Gasteiger partial charge >= 0.3 is 0 Å². The Labute approximate surface area is 138 Å². The first-order valence-electron chi connectivity index (χ1n) is 7.27. The molecule has 112 valence electrons. The summed E-state index contributed by atoms with van der Waals surface area (Å²) >= 11 is 7.49. The topological polar surface area (TPSA) is 18.5 Å². The zero-order chi connectivity index (χ0) is 14.4. The van der Waals surface area contributed by atoms with E-state index in [2.05, 4.69) is 44.0 Å². The lowest BCUT2D eigenvalue weighted by molar-refractivity contribution is 0.146. The average Bonchev–Trinajstić information content (AvgIpc) is 2.49. The minimum absolute atomic E-state index is 0.451. The van der Waals surface area contributed by atoms with Gasteiger partial charge in [-0.05, 0) is 52.4 Å². The second-order valence-corrected chi connectivity index (χ2v) is 7.17. The zero-order valence-electron chi connectivity index (χ0n) is 11.9. The molecule has 0 N–H and O–H groups in total. The van der Waals surface area contributed by atoms with Gasteiger partial charge in [0.2, 0.25) is 0 Å². The van der Waals surface area contributed by atoms with Crippen molar-refractivity contribution in [1.29, 1.82) is 0 Å². The number of ether oxygens (including phenoxy) is 2. The van der Waals surface area contributed by atoms with E-state index in [9.17, 15) is 0 Å². The lowest BCUT2D eigenvalue weighted by Gasteiger charge is -2.27. The van der Waals surface area contributed by atoms with Crippen LogP contribution in [0.2, 0.25) is 0 Å². The monoisotopic (exact) mass is 404 g/mol. The summed E-state index contributed by atoms with van der Waals surface area (Å²) in [5.41, 5.74) is 1.34. The van der Waals surface area contributed by atoms with Crippen molar-refractivity contribution in [2.24, 2.45) is 5.92 Å². The molecule has 0 spiro atoms. The van der Waals surface area contributed by atoms with Gasteiger partial charge in [-0.25, -0.2) is 0 Å². The summed E-state index contributed by atoms with van der Waals surface area (Å²) < 4.78 is 11.7. The first-order valence-corrected chi connectivity index (χ1v) is 8.98. The molecule has 1 aromatic carbocycles. The molecule has 1 aliphatic carbocycles. The number of hydrogen-bond acceptors (Lipinski definition) is 2. The number of benzene rings is 1. The molecule has 1 fully saturated rings. The molecule has 0 radical (unpaired) electrons. The summed E-state index contributed by atoms with van der Waals surface area (Å²) in [5, 5.41) is 0. The second-order valence-electron chi connectivity index (χ2n) is 5.33. The third-order valence-corrected chi connectivity index (χ3v) is 5.78. The molecular formula is C16H22Br2O2. The Morgan fingerprint density at radius 3 is 2.60 bits per heavy atom. The summed E-state index contributed by atoms with van der Waals surface area (Å²) in [5.74, 6) is 1.64. The Balaban J connectivity index is 1.99. The maximum Gasteiger partial charge on any atom is 0.133 e. The van der Waals surface area contributed by atoms with E-state index in [1.165, 1.54) is 37.7 Å². The highest BCUT2D eigenvalue weighted by Gasteiger charge is 2.23. The average molecular weight is 406 g/mol. The highest BCUT2D eigenvalue weighted by molar-refractivity contribution is 9.10. The Bertz CT molecular complexity index is 417. The molecule has 1 saturated carbocycles. The SMILES string of the molecule is COCCOc1ccc(C(Br)C2CCCCC2)cc1Br. The normalized spacial score (nSPS) is 17.9. The molecule has 0 saturated heterocycles. The van der Waals surface area contributed by atoms with Crippen molar-refractivity contribution in [2.75, 3.05) is 20.3 Å². The Kier molecular flexibility index (Phi) is 6.85. The zero-order valence-corrected chi connectivity index (χ0v) is 15.1. The third kappa shape index (κ3) is 4.47. The van der Waals surface area contributed by atoms with E-state index in [0.717, 1.165) is 16.1 Å². The van der Waals surface area contributed by atoms with Gasteiger partial charge in [-0.15, -0.1) is 0 Å². The van der Waals surface area contributed by atoms with Crippen molar-refractivity contribution < 1.29 is 9.47 Å². The van der Waals surface area contributed by atoms with Crippen LogP contribution >= 0.6 is 31.9 Å². The molecule has 2 rings (SSSR count). The van der Waals surface area contributed by atoms with Gasteiger partial charge in [0, 0.05) is 11.9 Å². The van der Waals surface area contributed by atoms with E-state index < -0.39 is 0 Å². The minimum atomic E-state index is 0.451. The Morgan fingerprint density at radius 1 is 1.20 bits per heavy atom. The van der Waals surface area contributed by atoms with E-state index in [4.69, 9.17) is 9.47 Å². The largest absolute Gasteiger partial charge is 0.490 e. The molecule has 2 nitrogen and oxygen atoms in total. The van der Waals surface area contributed by atoms with Crippen molar-refractivity contribution in [1.82, 2.24) is 0 Å². The number of alkyl halides is 1. The fraction of sp³-hybridized carbons (Fsp3) is 0.625. The smallest absolute Gasteiger partial charge is 0.133 e. The first-order chi connectivity index (χ1) is 9.72. The Morgan fingerprint density at radius 2 is 1.95 bits per heavy atom. The molecule has 4 heteroatoms. The molecule has 1 unspecified atom stereocenters. The fourth-order valence-electron chi connectivity index (χ4n) is 2.74. The number of rotatable bonds is 6. The highest BCUT2D eigenvalue weighted by Crippen LogP contribution is 2.41. The fourth-order valence-corrected chi connectivity index (χ4v) is 4.06. The Hall–Kier alpha value is -0.0600. The predicted octanol–water partition coefficient (Wildman–Crippen LogP) is 5.49. The van der Waals surface area contributed by atoms with E-state index in [1.807, 2.05) is 6.07 Å². The molecule has 0 aromatic heterocycles. The van der Waals surface area contributed by atoms with Gasteiger partial charge in [0.15, 0.2) is 0 Å². The van der Waals surface area contributed by atoms with Crippen LogP contribution in [-0.4, -0.2) is 20.3 Å². The van der Waals surface area contributed by atoms with Crippen molar-refractivity contribution in [3.63, 3.8) is 0 Å². The van der Waals surface area contributed by atoms with Gasteiger partial charge in [0.1, 0.15) is 12.4 Å². The molecule has 1 aliphatic rings. The third-order valence-electron chi connectivity index (χ3n) is 3.88. The quantitative estimate of drug-likeness (QED) is 0.460. The van der Waals surface area contributed by atoms with Crippen LogP contribution < -0.4 is 4.74 Å². The van der Waals surface area contributed by atoms with Crippen LogP contribution in [0.5, 0.6) is 5.75 Å². The van der Waals surface area contributed by atoms with Crippen LogP contribution in [0.25, 0.3) is 0 Å². The van der Waals surface area contributed by atoms with E-state index in [0.29, 0.717) is 18.0 Å². The van der Waals surface area contributed by atoms with E-state index in [1.54, 1.807) is 7.11 Å². The summed E-state index contributed by atoms with van der Waals surface area (Å²) in [6, 6.07) is 6.39. The van der Waals surface area contributed by atoms with Gasteiger partial charge in [-0.1, -0.05) is 41.3 Å². The van der Waals surface area contributed by atoms with Gasteiger partial charge in [0.25, 0.3) is 0 Å². The lowest BCUT2D eigenvalue weighted by Crippen LogP contribution is -2.12. The van der Waals surface area contributed by atoms with Crippen molar-refractivity contribution in [2.45, 2.75) is 36.9 Å². The van der Waals surface area contributed by atoms with Crippen LogP contribution in [-0.2, 0) is 4.74 Å². The second kappa shape index (κ2) is 8.40. The summed E-state index contributed by atoms with van der Waals surface area (Å²) in [6.45, 7) is 1.19. The molecule has 20 heavy (non-hydrogen) atoms. The molecule has 0 bridgehead atoms. The summed E-state index contributed by atoms with van der Waals surface area (Å²) in [7, 11) is 1.68. The van der Waals surface area contributed by atoms with Crippen molar-refractivity contribution >= 4 is 31.9 Å². The van der Waals surface area contributed by atoms with Gasteiger partial charge in [-0.3, -0.25) is 0 Å². The molecule has 1 aromatic rings. The van der Waals surface area contributed by atoms with Crippen LogP contribution in [0, 0.1) is 5.92 Å². The van der Waals surface area contributed by atoms with E-state index >= 15 is 0 Å². The number of methoxy groups -OCH3 is 1. The first kappa shape index (κ1) is 16.3. The molecular weight excluding hydrogens is 384 g/mol. The predicted molar refractivity (Wildman–Crippen MR) is 89.8 cm³/mol. The van der Waals surface area contributed by atoms with Gasteiger partial charge in [0.05, 0.1) is 11.1 Å². The van der Waals surface area contributed by atoms with E-state index in [-0.39, 0.29) is 0 Å². The van der Waals surface area contributed by atoms with Crippen LogP contribution in [0.4, 0.5) is 0 Å². The summed E-state index contributed by atoms with van der Waals surface area (Å²) in [4.78, 5) is 0.451. The number of halogens is 2. The van der Waals surface area contributed by atoms with Crippen molar-refractivity contribution in [3.05, 3.63) is 28.2 Å².